The van der Waals surface area contributed by atoms with Gasteiger partial charge in [-0.05, 0) is 22.6 Å². The molecule has 0 aromatic carbocycles. The van der Waals surface area contributed by atoms with Crippen molar-refractivity contribution in [3.05, 3.63) is 30.6 Å². The van der Waals surface area contributed by atoms with Gasteiger partial charge in [0, 0.05) is 19.5 Å². The third-order valence-corrected chi connectivity index (χ3v) is 3.62. The van der Waals surface area contributed by atoms with Crippen LogP contribution in [0.4, 0.5) is 4.39 Å². The topological polar surface area (TPSA) is 90.4 Å². The molecule has 9 heteroatoms. The number of H-pyrrole nitrogens is 1. The zero-order valence-corrected chi connectivity index (χ0v) is 12.6. The van der Waals surface area contributed by atoms with Crippen molar-refractivity contribution in [1.82, 2.24) is 9.55 Å². The summed E-state index contributed by atoms with van der Waals surface area (Å²) < 4.78 is 25.3. The van der Waals surface area contributed by atoms with Crippen molar-refractivity contribution in [2.75, 3.05) is 6.61 Å². The molecule has 0 amide bonds. The zero-order chi connectivity index (χ0) is 14.9. The van der Waals surface area contributed by atoms with E-state index in [-0.39, 0.29) is 13.0 Å². The lowest BCUT2D eigenvalue weighted by Crippen LogP contribution is -2.33. The molecule has 0 saturated carbocycles. The van der Waals surface area contributed by atoms with E-state index < -0.39 is 35.7 Å². The summed E-state index contributed by atoms with van der Waals surface area (Å²) in [5.74, 6) is -0.528. The summed E-state index contributed by atoms with van der Waals surface area (Å²) in [6.07, 6.45) is -1.83. The molecular formula is C11H12FIN2O5. The van der Waals surface area contributed by atoms with E-state index in [0.717, 1.165) is 4.57 Å². The Morgan fingerprint density at radius 2 is 2.35 bits per heavy atom. The van der Waals surface area contributed by atoms with Crippen molar-refractivity contribution in [2.24, 2.45) is 0 Å². The Hall–Kier alpha value is -1.23. The fourth-order valence-corrected chi connectivity index (χ4v) is 2.32. The molecule has 1 unspecified atom stereocenters. The first-order chi connectivity index (χ1) is 9.38. The van der Waals surface area contributed by atoms with Gasteiger partial charge in [-0.15, -0.1) is 0 Å². The summed E-state index contributed by atoms with van der Waals surface area (Å²) in [6, 6.07) is 0. The van der Waals surface area contributed by atoms with Crippen molar-refractivity contribution in [3.63, 3.8) is 0 Å². The van der Waals surface area contributed by atoms with Crippen LogP contribution in [0.25, 0.3) is 0 Å². The van der Waals surface area contributed by atoms with Gasteiger partial charge in [0.05, 0.1) is 3.57 Å². The molecule has 2 rings (SSSR count). The first-order valence-corrected chi connectivity index (χ1v) is 6.90. The average molecular weight is 398 g/mol. The second-order valence-corrected chi connectivity index (χ2v) is 5.49. The van der Waals surface area contributed by atoms with Gasteiger partial charge in [-0.3, -0.25) is 19.1 Å². The smallest absolute Gasteiger partial charge is 0.330 e. The number of hydrogen-bond acceptors (Lipinski definition) is 5. The molecule has 1 aromatic rings. The van der Waals surface area contributed by atoms with Crippen molar-refractivity contribution >= 4 is 28.6 Å². The monoisotopic (exact) mass is 398 g/mol. The summed E-state index contributed by atoms with van der Waals surface area (Å²) in [7, 11) is 0. The molecule has 1 aromatic heterocycles. The molecule has 1 fully saturated rings. The molecule has 0 aliphatic carbocycles. The van der Waals surface area contributed by atoms with Crippen molar-refractivity contribution in [3.8, 4) is 0 Å². The van der Waals surface area contributed by atoms with Crippen LogP contribution >= 0.6 is 22.6 Å². The SMILES string of the molecule is CC(=O)OC[C@@H]1O[C@H](n2cc(I)c(=O)[nH]c2=O)CC1F. The van der Waals surface area contributed by atoms with E-state index in [0.29, 0.717) is 3.57 Å². The Morgan fingerprint density at radius 1 is 1.65 bits per heavy atom. The van der Waals surface area contributed by atoms with Gasteiger partial charge in [0.2, 0.25) is 0 Å². The maximum absolute atomic E-state index is 13.8. The molecule has 1 aliphatic rings. The number of nitrogens with zero attached hydrogens (tertiary/aromatic N) is 1. The number of hydrogen-bond donors (Lipinski definition) is 1. The minimum Gasteiger partial charge on any atom is -0.463 e. The molecule has 1 aliphatic heterocycles. The molecule has 1 saturated heterocycles. The first-order valence-electron chi connectivity index (χ1n) is 5.82. The van der Waals surface area contributed by atoms with Crippen LogP contribution in [0, 0.1) is 3.57 Å². The van der Waals surface area contributed by atoms with E-state index >= 15 is 0 Å². The third kappa shape index (κ3) is 3.26. The van der Waals surface area contributed by atoms with E-state index in [1.807, 2.05) is 0 Å². The number of nitrogens with one attached hydrogen (secondary N) is 1. The van der Waals surface area contributed by atoms with Gasteiger partial charge in [0.15, 0.2) is 0 Å². The molecule has 3 atom stereocenters. The maximum Gasteiger partial charge on any atom is 0.330 e. The van der Waals surface area contributed by atoms with Crippen LogP contribution in [0.15, 0.2) is 15.8 Å². The highest BCUT2D eigenvalue weighted by atomic mass is 127. The standard InChI is InChI=1S/C11H12FIN2O5/c1-5(16)19-4-8-6(12)2-9(20-8)15-3-7(13)10(17)14-11(15)18/h3,6,8-9H,2,4H2,1H3,(H,14,17,18)/t6?,8-,9-/m0/s1. The molecule has 0 radical (unpaired) electrons. The number of ether oxygens (including phenoxy) is 2. The Labute approximate surface area is 126 Å². The van der Waals surface area contributed by atoms with E-state index in [2.05, 4.69) is 4.98 Å². The average Bonchev–Trinajstić information content (AvgIpc) is 2.72. The lowest BCUT2D eigenvalue weighted by Gasteiger charge is -2.15. The van der Waals surface area contributed by atoms with Crippen LogP contribution in [-0.4, -0.2) is 34.4 Å². The molecular weight excluding hydrogens is 386 g/mol. The summed E-state index contributed by atoms with van der Waals surface area (Å²) in [4.78, 5) is 35.8. The summed E-state index contributed by atoms with van der Waals surface area (Å²) in [5, 5.41) is 0. The van der Waals surface area contributed by atoms with Crippen molar-refractivity contribution < 1.29 is 18.7 Å². The van der Waals surface area contributed by atoms with E-state index in [1.165, 1.54) is 13.1 Å². The van der Waals surface area contributed by atoms with Gasteiger partial charge in [-0.1, -0.05) is 0 Å². The number of esters is 1. The second-order valence-electron chi connectivity index (χ2n) is 4.33. The second kappa shape index (κ2) is 6.04. The molecule has 7 nitrogen and oxygen atoms in total. The maximum atomic E-state index is 13.8. The van der Waals surface area contributed by atoms with Crippen molar-refractivity contribution in [2.45, 2.75) is 31.8 Å². The Morgan fingerprint density at radius 3 is 3.00 bits per heavy atom. The lowest BCUT2D eigenvalue weighted by atomic mass is 10.2. The van der Waals surface area contributed by atoms with Gasteiger partial charge in [-0.2, -0.15) is 0 Å². The number of alkyl halides is 1. The Balaban J connectivity index is 2.16. The van der Waals surface area contributed by atoms with Crippen LogP contribution in [0.5, 0.6) is 0 Å². The highest BCUT2D eigenvalue weighted by Crippen LogP contribution is 2.30. The largest absolute Gasteiger partial charge is 0.463 e. The molecule has 110 valence electrons. The molecule has 1 N–H and O–H groups in total. The van der Waals surface area contributed by atoms with Crippen LogP contribution in [0.2, 0.25) is 0 Å². The van der Waals surface area contributed by atoms with E-state index in [9.17, 15) is 18.8 Å². The Kier molecular flexibility index (Phi) is 4.58. The van der Waals surface area contributed by atoms with Crippen LogP contribution in [-0.2, 0) is 14.3 Å². The number of halogens is 2. The minimum atomic E-state index is -1.35. The number of aromatic amines is 1. The number of carbonyl (C=O) groups is 1. The normalized spacial score (nSPS) is 25.6. The highest BCUT2D eigenvalue weighted by Gasteiger charge is 2.37. The fraction of sp³-hybridized carbons (Fsp3) is 0.545. The summed E-state index contributed by atoms with van der Waals surface area (Å²) in [5.41, 5.74) is -1.17. The number of carbonyl (C=O) groups excluding carboxylic acids is 1. The minimum absolute atomic E-state index is 0.0477. The van der Waals surface area contributed by atoms with Gasteiger partial charge in [0.1, 0.15) is 25.1 Å². The van der Waals surface area contributed by atoms with E-state index in [1.54, 1.807) is 22.6 Å². The molecule has 0 spiro atoms. The summed E-state index contributed by atoms with van der Waals surface area (Å²) in [6.45, 7) is 1.01. The Bertz CT molecular complexity index is 628. The predicted octanol–water partition coefficient (Wildman–Crippen LogP) is 0.330. The molecule has 20 heavy (non-hydrogen) atoms. The number of rotatable bonds is 3. The lowest BCUT2D eigenvalue weighted by molar-refractivity contribution is -0.146. The van der Waals surface area contributed by atoms with Crippen LogP contribution < -0.4 is 11.2 Å². The van der Waals surface area contributed by atoms with Gasteiger partial charge in [-0.25, -0.2) is 9.18 Å². The van der Waals surface area contributed by atoms with E-state index in [4.69, 9.17) is 9.47 Å². The number of aromatic nitrogens is 2. The zero-order valence-electron chi connectivity index (χ0n) is 10.5. The molecule has 0 bridgehead atoms. The highest BCUT2D eigenvalue weighted by molar-refractivity contribution is 14.1. The predicted molar refractivity (Wildman–Crippen MR) is 74.1 cm³/mol. The van der Waals surface area contributed by atoms with Crippen molar-refractivity contribution in [1.29, 1.82) is 0 Å². The third-order valence-electron chi connectivity index (χ3n) is 2.85. The van der Waals surface area contributed by atoms with Crippen LogP contribution in [0.3, 0.4) is 0 Å². The molecule has 2 heterocycles. The van der Waals surface area contributed by atoms with Gasteiger partial charge in [0.25, 0.3) is 5.56 Å². The quantitative estimate of drug-likeness (QED) is 0.586. The van der Waals surface area contributed by atoms with Crippen LogP contribution in [0.1, 0.15) is 19.6 Å². The fourth-order valence-electron chi connectivity index (χ4n) is 1.88. The summed E-state index contributed by atoms with van der Waals surface area (Å²) >= 11 is 1.77. The first kappa shape index (κ1) is 15.2. The van der Waals surface area contributed by atoms with Gasteiger partial charge < -0.3 is 9.47 Å². The van der Waals surface area contributed by atoms with Gasteiger partial charge >= 0.3 is 11.7 Å².